The maximum absolute atomic E-state index is 13.8. The zero-order chi connectivity index (χ0) is 26.7. The van der Waals surface area contributed by atoms with Crippen molar-refractivity contribution < 1.29 is 4.79 Å². The lowest BCUT2D eigenvalue weighted by molar-refractivity contribution is 0.181. The minimum Gasteiger partial charge on any atom is -0.313 e. The van der Waals surface area contributed by atoms with E-state index in [1.54, 1.807) is 33.7 Å². The number of amides is 2. The molecule has 0 saturated carbocycles. The van der Waals surface area contributed by atoms with Crippen LogP contribution in [0.2, 0.25) is 10.0 Å². The first-order valence-electron chi connectivity index (χ1n) is 11.9. The summed E-state index contributed by atoms with van der Waals surface area (Å²) in [5, 5.41) is 4.22. The zero-order valence-electron chi connectivity index (χ0n) is 21.2. The molecule has 0 aliphatic heterocycles. The largest absolute Gasteiger partial charge is 0.322 e. The summed E-state index contributed by atoms with van der Waals surface area (Å²) in [7, 11) is 3.88. The van der Waals surface area contributed by atoms with Crippen molar-refractivity contribution in [3.05, 3.63) is 98.5 Å². The van der Waals surface area contributed by atoms with Crippen molar-refractivity contribution in [1.82, 2.24) is 19.4 Å². The molecule has 37 heavy (non-hydrogen) atoms. The van der Waals surface area contributed by atoms with E-state index in [1.807, 2.05) is 75.3 Å². The van der Waals surface area contributed by atoms with Gasteiger partial charge in [0.05, 0.1) is 33.3 Å². The Bertz CT molecular complexity index is 1500. The molecule has 1 heterocycles. The van der Waals surface area contributed by atoms with Crippen LogP contribution >= 0.6 is 23.2 Å². The number of carbonyl (C=O) groups is 1. The average Bonchev–Trinajstić information content (AvgIpc) is 2.85. The average molecular weight is 538 g/mol. The number of para-hydroxylation sites is 1. The Hall–Kier alpha value is -3.39. The van der Waals surface area contributed by atoms with Gasteiger partial charge in [0.25, 0.3) is 5.56 Å². The van der Waals surface area contributed by atoms with Crippen LogP contribution in [-0.4, -0.2) is 52.6 Å². The first kappa shape index (κ1) is 26.7. The molecule has 0 aliphatic carbocycles. The number of hydrogen-bond donors (Lipinski definition) is 1. The summed E-state index contributed by atoms with van der Waals surface area (Å²) in [4.78, 5) is 35.9. The van der Waals surface area contributed by atoms with Crippen LogP contribution < -0.4 is 10.9 Å². The highest BCUT2D eigenvalue weighted by Crippen LogP contribution is 2.28. The van der Waals surface area contributed by atoms with Crippen LogP contribution in [0.25, 0.3) is 16.6 Å². The monoisotopic (exact) mass is 537 g/mol. The van der Waals surface area contributed by atoms with Crippen LogP contribution in [0.4, 0.5) is 10.5 Å². The Morgan fingerprint density at radius 1 is 1.03 bits per heavy atom. The molecule has 1 N–H and O–H groups in total. The number of nitrogens with zero attached hydrogens (tertiary/aromatic N) is 4. The standard InChI is InChI=1S/C28H29Cl2N5O2/c1-18-8-7-9-21(16-18)35-26(31-24-11-6-5-10-22(24)27(35)36)19(2)34(15-14-33(3)4)28(37)32-25-13-12-20(29)17-23(25)30/h5-13,16-17,19H,14-15H2,1-4H3,(H,32,37). The summed E-state index contributed by atoms with van der Waals surface area (Å²) in [6.07, 6.45) is 0. The highest BCUT2D eigenvalue weighted by molar-refractivity contribution is 6.36. The molecule has 9 heteroatoms. The van der Waals surface area contributed by atoms with Crippen molar-refractivity contribution in [2.24, 2.45) is 0 Å². The quantitative estimate of drug-likeness (QED) is 0.306. The van der Waals surface area contributed by atoms with Gasteiger partial charge in [-0.2, -0.15) is 0 Å². The van der Waals surface area contributed by atoms with Crippen LogP contribution in [0, 0.1) is 6.92 Å². The van der Waals surface area contributed by atoms with Gasteiger partial charge in [-0.15, -0.1) is 0 Å². The van der Waals surface area contributed by atoms with Crippen molar-refractivity contribution in [3.8, 4) is 5.69 Å². The number of carbonyl (C=O) groups excluding carboxylic acids is 1. The van der Waals surface area contributed by atoms with Crippen LogP contribution in [0.1, 0.15) is 24.4 Å². The van der Waals surface area contributed by atoms with E-state index in [2.05, 4.69) is 5.32 Å². The summed E-state index contributed by atoms with van der Waals surface area (Å²) in [5.41, 5.74) is 2.54. The number of fused-ring (bicyclic) bond motifs is 1. The van der Waals surface area contributed by atoms with Gasteiger partial charge in [-0.1, -0.05) is 47.5 Å². The predicted molar refractivity (Wildman–Crippen MR) is 151 cm³/mol. The third-order valence-corrected chi connectivity index (χ3v) is 6.67. The van der Waals surface area contributed by atoms with Gasteiger partial charge in [0.1, 0.15) is 5.82 Å². The van der Waals surface area contributed by atoms with Crippen molar-refractivity contribution in [2.45, 2.75) is 19.9 Å². The van der Waals surface area contributed by atoms with Gasteiger partial charge in [0, 0.05) is 18.1 Å². The Labute approximate surface area is 226 Å². The number of anilines is 1. The van der Waals surface area contributed by atoms with Gasteiger partial charge >= 0.3 is 6.03 Å². The first-order chi connectivity index (χ1) is 17.7. The Kier molecular flexibility index (Phi) is 8.17. The topological polar surface area (TPSA) is 70.5 Å². The summed E-state index contributed by atoms with van der Waals surface area (Å²) in [6.45, 7) is 4.84. The summed E-state index contributed by atoms with van der Waals surface area (Å²) >= 11 is 12.4. The van der Waals surface area contributed by atoms with Crippen LogP contribution in [0.5, 0.6) is 0 Å². The maximum Gasteiger partial charge on any atom is 0.322 e. The summed E-state index contributed by atoms with van der Waals surface area (Å²) in [5.74, 6) is 0.463. The second kappa shape index (κ2) is 11.3. The molecule has 1 unspecified atom stereocenters. The number of halogens is 2. The third-order valence-electron chi connectivity index (χ3n) is 6.12. The molecule has 192 valence electrons. The zero-order valence-corrected chi connectivity index (χ0v) is 22.7. The van der Waals surface area contributed by atoms with Crippen molar-refractivity contribution in [3.63, 3.8) is 0 Å². The first-order valence-corrected chi connectivity index (χ1v) is 12.7. The molecule has 0 aliphatic rings. The second-order valence-electron chi connectivity index (χ2n) is 9.19. The van der Waals surface area contributed by atoms with E-state index in [4.69, 9.17) is 28.2 Å². The lowest BCUT2D eigenvalue weighted by Crippen LogP contribution is -2.43. The minimum absolute atomic E-state index is 0.188. The lowest BCUT2D eigenvalue weighted by atomic mass is 10.1. The van der Waals surface area contributed by atoms with Gasteiger partial charge in [0.15, 0.2) is 0 Å². The molecule has 1 aromatic heterocycles. The van der Waals surface area contributed by atoms with E-state index in [9.17, 15) is 9.59 Å². The fourth-order valence-corrected chi connectivity index (χ4v) is 4.60. The molecule has 4 rings (SSSR count). The number of aromatic nitrogens is 2. The van der Waals surface area contributed by atoms with E-state index in [-0.39, 0.29) is 11.6 Å². The second-order valence-corrected chi connectivity index (χ2v) is 10.0. The fourth-order valence-electron chi connectivity index (χ4n) is 4.14. The Balaban J connectivity index is 1.83. The predicted octanol–water partition coefficient (Wildman–Crippen LogP) is 6.16. The van der Waals surface area contributed by atoms with E-state index in [1.165, 1.54) is 0 Å². The highest BCUT2D eigenvalue weighted by atomic mass is 35.5. The van der Waals surface area contributed by atoms with E-state index in [0.717, 1.165) is 5.56 Å². The molecule has 0 fully saturated rings. The highest BCUT2D eigenvalue weighted by Gasteiger charge is 2.27. The summed E-state index contributed by atoms with van der Waals surface area (Å²) < 4.78 is 1.60. The van der Waals surface area contributed by atoms with Crippen molar-refractivity contribution in [2.75, 3.05) is 32.5 Å². The summed E-state index contributed by atoms with van der Waals surface area (Å²) in [6, 6.07) is 18.9. The molecule has 0 bridgehead atoms. The normalized spacial score (nSPS) is 12.1. The number of rotatable bonds is 7. The fraction of sp³-hybridized carbons (Fsp3) is 0.250. The van der Waals surface area contributed by atoms with Crippen LogP contribution in [0.3, 0.4) is 0 Å². The molecule has 4 aromatic rings. The van der Waals surface area contributed by atoms with Crippen LogP contribution in [-0.2, 0) is 0 Å². The molecule has 1 atom stereocenters. The molecule has 7 nitrogen and oxygen atoms in total. The van der Waals surface area contributed by atoms with E-state index in [0.29, 0.717) is 51.2 Å². The van der Waals surface area contributed by atoms with Gasteiger partial charge in [0.2, 0.25) is 0 Å². The van der Waals surface area contributed by atoms with Gasteiger partial charge in [-0.05, 0) is 76.0 Å². The number of hydrogen-bond acceptors (Lipinski definition) is 4. The third kappa shape index (κ3) is 5.96. The number of likely N-dealkylation sites (N-methyl/N-ethyl adjacent to an activating group) is 1. The molecule has 3 aromatic carbocycles. The molecule has 0 spiro atoms. The van der Waals surface area contributed by atoms with E-state index < -0.39 is 6.04 Å². The number of nitrogens with one attached hydrogen (secondary N) is 1. The molecule has 0 saturated heterocycles. The minimum atomic E-state index is -0.552. The van der Waals surface area contributed by atoms with Crippen LogP contribution in [0.15, 0.2) is 71.5 Å². The van der Waals surface area contributed by atoms with Gasteiger partial charge in [-0.3, -0.25) is 9.36 Å². The molecular weight excluding hydrogens is 509 g/mol. The molecular formula is C28H29Cl2N5O2. The maximum atomic E-state index is 13.8. The van der Waals surface area contributed by atoms with Crippen molar-refractivity contribution >= 4 is 45.8 Å². The van der Waals surface area contributed by atoms with E-state index >= 15 is 0 Å². The number of aryl methyl sites for hydroxylation is 1. The SMILES string of the molecule is Cc1cccc(-n2c(C(C)N(CCN(C)C)C(=O)Nc3ccc(Cl)cc3Cl)nc3ccccc3c2=O)c1. The number of benzene rings is 3. The number of urea groups is 1. The smallest absolute Gasteiger partial charge is 0.313 e. The van der Waals surface area contributed by atoms with Crippen molar-refractivity contribution in [1.29, 1.82) is 0 Å². The van der Waals surface area contributed by atoms with Gasteiger partial charge < -0.3 is 15.1 Å². The Morgan fingerprint density at radius 3 is 2.49 bits per heavy atom. The molecule has 0 radical (unpaired) electrons. The van der Waals surface area contributed by atoms with Gasteiger partial charge in [-0.25, -0.2) is 9.78 Å². The molecule has 2 amide bonds. The lowest BCUT2D eigenvalue weighted by Gasteiger charge is -2.31. The Morgan fingerprint density at radius 2 is 1.78 bits per heavy atom.